The summed E-state index contributed by atoms with van der Waals surface area (Å²) in [5.41, 5.74) is -0.516. The fourth-order valence-electron chi connectivity index (χ4n) is 4.14. The molecule has 35 heavy (non-hydrogen) atoms. The fourth-order valence-corrected chi connectivity index (χ4v) is 4.14. The van der Waals surface area contributed by atoms with Gasteiger partial charge in [-0.15, -0.1) is 0 Å². The zero-order chi connectivity index (χ0) is 25.9. The van der Waals surface area contributed by atoms with Crippen molar-refractivity contribution in [2.75, 3.05) is 6.61 Å². The SMILES string of the molecule is CCCCCCCCCCCCCCCCCCOC(=O)C(C)NC(=O)c1c(F)ccc(C)c1F. The van der Waals surface area contributed by atoms with Crippen LogP contribution in [-0.4, -0.2) is 24.5 Å². The molecule has 0 aliphatic rings. The van der Waals surface area contributed by atoms with Gasteiger partial charge in [0.05, 0.1) is 6.61 Å². The maximum absolute atomic E-state index is 14.1. The van der Waals surface area contributed by atoms with Gasteiger partial charge < -0.3 is 10.1 Å². The van der Waals surface area contributed by atoms with Crippen molar-refractivity contribution < 1.29 is 23.1 Å². The zero-order valence-electron chi connectivity index (χ0n) is 22.2. The summed E-state index contributed by atoms with van der Waals surface area (Å²) in [6.07, 6.45) is 20.3. The first kappa shape index (κ1) is 31.1. The van der Waals surface area contributed by atoms with E-state index in [0.717, 1.165) is 25.3 Å². The Labute approximate surface area is 211 Å². The molecule has 0 bridgehead atoms. The van der Waals surface area contributed by atoms with E-state index in [2.05, 4.69) is 12.2 Å². The molecule has 4 nitrogen and oxygen atoms in total. The van der Waals surface area contributed by atoms with Crippen LogP contribution in [0.3, 0.4) is 0 Å². The summed E-state index contributed by atoms with van der Waals surface area (Å²) in [4.78, 5) is 24.3. The summed E-state index contributed by atoms with van der Waals surface area (Å²) < 4.78 is 33.1. The van der Waals surface area contributed by atoms with E-state index < -0.39 is 35.1 Å². The number of esters is 1. The molecule has 200 valence electrons. The molecule has 1 aromatic rings. The number of amides is 1. The Morgan fingerprint density at radius 3 is 1.74 bits per heavy atom. The molecule has 6 heteroatoms. The van der Waals surface area contributed by atoms with E-state index in [1.807, 2.05) is 0 Å². The van der Waals surface area contributed by atoms with Gasteiger partial charge in [-0.25, -0.2) is 13.6 Å². The van der Waals surface area contributed by atoms with Gasteiger partial charge in [0.2, 0.25) is 0 Å². The summed E-state index contributed by atoms with van der Waals surface area (Å²) in [6.45, 7) is 5.43. The van der Waals surface area contributed by atoms with Crippen LogP contribution in [0.2, 0.25) is 0 Å². The second kappa shape index (κ2) is 19.2. The van der Waals surface area contributed by atoms with Crippen molar-refractivity contribution >= 4 is 11.9 Å². The minimum absolute atomic E-state index is 0.162. The van der Waals surface area contributed by atoms with Crippen LogP contribution in [0.25, 0.3) is 0 Å². The van der Waals surface area contributed by atoms with Gasteiger partial charge in [-0.3, -0.25) is 4.79 Å². The smallest absolute Gasteiger partial charge is 0.328 e. The van der Waals surface area contributed by atoms with Gasteiger partial charge in [0, 0.05) is 0 Å². The van der Waals surface area contributed by atoms with Crippen molar-refractivity contribution in [3.63, 3.8) is 0 Å². The van der Waals surface area contributed by atoms with Crippen LogP contribution in [0.15, 0.2) is 12.1 Å². The lowest BCUT2D eigenvalue weighted by molar-refractivity contribution is -0.145. The van der Waals surface area contributed by atoms with E-state index in [-0.39, 0.29) is 12.2 Å². The molecule has 1 N–H and O–H groups in total. The third-order valence-corrected chi connectivity index (χ3v) is 6.45. The Morgan fingerprint density at radius 1 is 0.800 bits per heavy atom. The van der Waals surface area contributed by atoms with Crippen LogP contribution >= 0.6 is 0 Å². The lowest BCUT2D eigenvalue weighted by atomic mass is 10.0. The van der Waals surface area contributed by atoms with E-state index in [9.17, 15) is 18.4 Å². The van der Waals surface area contributed by atoms with E-state index >= 15 is 0 Å². The first-order valence-electron chi connectivity index (χ1n) is 13.8. The standard InChI is InChI=1S/C29H47F2NO3/c1-4-5-6-7-8-9-10-11-12-13-14-15-16-17-18-19-22-35-29(34)24(3)32-28(33)26-25(30)21-20-23(2)27(26)31/h20-21,24H,4-19,22H2,1-3H3,(H,32,33). The van der Waals surface area contributed by atoms with Gasteiger partial charge in [-0.2, -0.15) is 0 Å². The number of aryl methyl sites for hydroxylation is 1. The summed E-state index contributed by atoms with van der Waals surface area (Å²) >= 11 is 0. The van der Waals surface area contributed by atoms with Crippen molar-refractivity contribution in [1.82, 2.24) is 5.32 Å². The largest absolute Gasteiger partial charge is 0.464 e. The van der Waals surface area contributed by atoms with Crippen molar-refractivity contribution in [2.24, 2.45) is 0 Å². The van der Waals surface area contributed by atoms with Gasteiger partial charge in [0.25, 0.3) is 5.91 Å². The zero-order valence-corrected chi connectivity index (χ0v) is 22.2. The number of rotatable bonds is 20. The molecule has 1 atom stereocenters. The number of benzene rings is 1. The molecule has 0 aliphatic heterocycles. The molecular weight excluding hydrogens is 448 g/mol. The number of unbranched alkanes of at least 4 members (excludes halogenated alkanes) is 15. The summed E-state index contributed by atoms with van der Waals surface area (Å²) in [7, 11) is 0. The number of ether oxygens (including phenoxy) is 1. The normalized spacial score (nSPS) is 11.9. The monoisotopic (exact) mass is 495 g/mol. The molecule has 0 saturated heterocycles. The molecule has 0 radical (unpaired) electrons. The van der Waals surface area contributed by atoms with Crippen molar-refractivity contribution in [3.8, 4) is 0 Å². The molecule has 0 aromatic heterocycles. The summed E-state index contributed by atoms with van der Waals surface area (Å²) in [5.74, 6) is -3.45. The molecule has 1 unspecified atom stereocenters. The highest BCUT2D eigenvalue weighted by Gasteiger charge is 2.23. The van der Waals surface area contributed by atoms with Crippen LogP contribution < -0.4 is 5.32 Å². The molecule has 0 spiro atoms. The van der Waals surface area contributed by atoms with Crippen molar-refractivity contribution in [2.45, 2.75) is 130 Å². The van der Waals surface area contributed by atoms with Crippen LogP contribution in [-0.2, 0) is 9.53 Å². The number of carbonyl (C=O) groups excluding carboxylic acids is 2. The van der Waals surface area contributed by atoms with Crippen molar-refractivity contribution in [3.05, 3.63) is 34.9 Å². The Bertz CT molecular complexity index is 739. The Morgan fingerprint density at radius 2 is 1.26 bits per heavy atom. The van der Waals surface area contributed by atoms with E-state index in [4.69, 9.17) is 4.74 Å². The lowest BCUT2D eigenvalue weighted by Crippen LogP contribution is -2.40. The number of hydrogen-bond acceptors (Lipinski definition) is 3. The maximum Gasteiger partial charge on any atom is 0.328 e. The molecule has 1 rings (SSSR count). The first-order chi connectivity index (χ1) is 16.9. The van der Waals surface area contributed by atoms with E-state index in [1.165, 1.54) is 103 Å². The Hall–Kier alpha value is -1.98. The third kappa shape index (κ3) is 13.6. The maximum atomic E-state index is 14.1. The minimum Gasteiger partial charge on any atom is -0.464 e. The molecule has 0 heterocycles. The number of carbonyl (C=O) groups is 2. The highest BCUT2D eigenvalue weighted by atomic mass is 19.1. The average molecular weight is 496 g/mol. The Kier molecular flexibility index (Phi) is 17.1. The quantitative estimate of drug-likeness (QED) is 0.146. The summed E-state index contributed by atoms with van der Waals surface area (Å²) in [6, 6.07) is 1.31. The predicted molar refractivity (Wildman–Crippen MR) is 139 cm³/mol. The number of hydrogen-bond donors (Lipinski definition) is 1. The number of halogens is 2. The second-order valence-electron chi connectivity index (χ2n) is 9.72. The molecule has 1 amide bonds. The third-order valence-electron chi connectivity index (χ3n) is 6.45. The van der Waals surface area contributed by atoms with Crippen LogP contribution in [0.1, 0.15) is 133 Å². The van der Waals surface area contributed by atoms with Crippen LogP contribution in [0.5, 0.6) is 0 Å². The average Bonchev–Trinajstić information content (AvgIpc) is 2.83. The van der Waals surface area contributed by atoms with Gasteiger partial charge in [-0.1, -0.05) is 109 Å². The van der Waals surface area contributed by atoms with E-state index in [0.29, 0.717) is 0 Å². The molecule has 0 fully saturated rings. The number of nitrogens with one attached hydrogen (secondary N) is 1. The Balaban J connectivity index is 2.00. The first-order valence-corrected chi connectivity index (χ1v) is 13.8. The highest BCUT2D eigenvalue weighted by Crippen LogP contribution is 2.17. The fraction of sp³-hybridized carbons (Fsp3) is 0.724. The second-order valence-corrected chi connectivity index (χ2v) is 9.72. The molecule has 0 saturated carbocycles. The lowest BCUT2D eigenvalue weighted by Gasteiger charge is -2.14. The van der Waals surface area contributed by atoms with E-state index in [1.54, 1.807) is 0 Å². The highest BCUT2D eigenvalue weighted by molar-refractivity contribution is 5.97. The van der Waals surface area contributed by atoms with Gasteiger partial charge >= 0.3 is 5.97 Å². The predicted octanol–water partition coefficient (Wildman–Crippen LogP) is 8.20. The molecule has 1 aromatic carbocycles. The van der Waals surface area contributed by atoms with Crippen LogP contribution in [0.4, 0.5) is 8.78 Å². The molecular formula is C29H47F2NO3. The minimum atomic E-state index is -0.983. The van der Waals surface area contributed by atoms with Gasteiger partial charge in [0.1, 0.15) is 23.2 Å². The van der Waals surface area contributed by atoms with Crippen molar-refractivity contribution in [1.29, 1.82) is 0 Å². The summed E-state index contributed by atoms with van der Waals surface area (Å²) in [5, 5.41) is 2.32. The van der Waals surface area contributed by atoms with Gasteiger partial charge in [-0.05, 0) is 31.9 Å². The van der Waals surface area contributed by atoms with Crippen LogP contribution in [0, 0.1) is 18.6 Å². The molecule has 0 aliphatic carbocycles. The topological polar surface area (TPSA) is 55.4 Å². The van der Waals surface area contributed by atoms with Gasteiger partial charge in [0.15, 0.2) is 0 Å².